The fraction of sp³-hybridized carbons (Fsp3) is 0.895. The highest BCUT2D eigenvalue weighted by Gasteiger charge is 2.60. The molecule has 0 amide bonds. The molecular weight excluding hydrogens is 340 g/mol. The molecule has 0 aromatic carbocycles. The zero-order valence-corrected chi connectivity index (χ0v) is 15.8. The minimum Gasteiger partial charge on any atom is -0.366 e. The number of allylic oxidation sites excluding steroid dienone is 2. The van der Waals surface area contributed by atoms with Gasteiger partial charge in [-0.3, -0.25) is 4.55 Å². The molecule has 3 fully saturated rings. The molecule has 142 valence electrons. The first-order valence-electron chi connectivity index (χ1n) is 9.80. The molecule has 0 aromatic heterocycles. The van der Waals surface area contributed by atoms with E-state index in [9.17, 15) is 13.5 Å². The Balaban J connectivity index is 1.65. The molecule has 4 rings (SSSR count). The Morgan fingerprint density at radius 1 is 1.16 bits per heavy atom. The Kier molecular flexibility index (Phi) is 4.34. The quantitative estimate of drug-likeness (QED) is 0.448. The van der Waals surface area contributed by atoms with Crippen molar-refractivity contribution in [1.82, 2.24) is 0 Å². The Labute approximate surface area is 150 Å². The number of hydrogen-bond acceptors (Lipinski definition) is 4. The van der Waals surface area contributed by atoms with Crippen molar-refractivity contribution in [1.29, 1.82) is 0 Å². The zero-order valence-electron chi connectivity index (χ0n) is 15.0. The minimum absolute atomic E-state index is 0.277. The van der Waals surface area contributed by atoms with Gasteiger partial charge in [-0.2, -0.15) is 8.42 Å². The van der Waals surface area contributed by atoms with E-state index >= 15 is 0 Å². The lowest BCUT2D eigenvalue weighted by Gasteiger charge is -2.57. The van der Waals surface area contributed by atoms with E-state index in [0.717, 1.165) is 38.5 Å². The molecule has 5 nitrogen and oxygen atoms in total. The topological polar surface area (TPSA) is 83.8 Å². The van der Waals surface area contributed by atoms with Gasteiger partial charge >= 0.3 is 10.4 Å². The third kappa shape index (κ3) is 2.80. The summed E-state index contributed by atoms with van der Waals surface area (Å²) < 4.78 is 36.0. The summed E-state index contributed by atoms with van der Waals surface area (Å²) in [5, 5.41) is 10.6. The minimum atomic E-state index is -4.64. The number of aliphatic hydroxyl groups is 1. The van der Waals surface area contributed by atoms with E-state index in [1.165, 1.54) is 25.7 Å². The Morgan fingerprint density at radius 3 is 2.72 bits per heavy atom. The molecule has 4 aliphatic carbocycles. The van der Waals surface area contributed by atoms with Gasteiger partial charge in [0.05, 0.1) is 0 Å². The molecule has 6 heteroatoms. The van der Waals surface area contributed by atoms with Gasteiger partial charge in [-0.15, -0.1) is 0 Å². The van der Waals surface area contributed by atoms with Crippen LogP contribution < -0.4 is 0 Å². The highest BCUT2D eigenvalue weighted by atomic mass is 32.3. The highest BCUT2D eigenvalue weighted by Crippen LogP contribution is 2.65. The van der Waals surface area contributed by atoms with Crippen molar-refractivity contribution in [3.8, 4) is 0 Å². The Hall–Kier alpha value is -0.430. The molecule has 0 heterocycles. The van der Waals surface area contributed by atoms with Gasteiger partial charge in [0.25, 0.3) is 0 Å². The first-order valence-corrected chi connectivity index (χ1v) is 11.2. The number of fused-ring (bicyclic) bond motifs is 5. The predicted octanol–water partition coefficient (Wildman–Crippen LogP) is 3.85. The van der Waals surface area contributed by atoms with Crippen molar-refractivity contribution < 1.29 is 22.3 Å². The summed E-state index contributed by atoms with van der Waals surface area (Å²) >= 11 is 0. The second-order valence-corrected chi connectivity index (χ2v) is 10.1. The van der Waals surface area contributed by atoms with E-state index in [1.54, 1.807) is 5.57 Å². The van der Waals surface area contributed by atoms with Crippen LogP contribution in [0.25, 0.3) is 0 Å². The molecule has 2 N–H and O–H groups in total. The molecule has 0 radical (unpaired) electrons. The summed E-state index contributed by atoms with van der Waals surface area (Å²) in [5.41, 5.74) is 1.40. The van der Waals surface area contributed by atoms with Gasteiger partial charge in [0, 0.05) is 5.41 Å². The summed E-state index contributed by atoms with van der Waals surface area (Å²) in [5.74, 6) is 1.39. The monoisotopic (exact) mass is 370 g/mol. The van der Waals surface area contributed by atoms with E-state index in [2.05, 4.69) is 17.2 Å². The molecule has 1 unspecified atom stereocenters. The van der Waals surface area contributed by atoms with Gasteiger partial charge in [0.15, 0.2) is 6.29 Å². The van der Waals surface area contributed by atoms with E-state index in [4.69, 9.17) is 4.55 Å². The van der Waals surface area contributed by atoms with Gasteiger partial charge in [0.1, 0.15) is 0 Å². The van der Waals surface area contributed by atoms with Crippen LogP contribution in [-0.2, 0) is 14.6 Å². The average Bonchev–Trinajstić information content (AvgIpc) is 2.98. The highest BCUT2D eigenvalue weighted by molar-refractivity contribution is 7.80. The first kappa shape index (κ1) is 18.0. The van der Waals surface area contributed by atoms with E-state index in [0.29, 0.717) is 11.8 Å². The van der Waals surface area contributed by atoms with Crippen LogP contribution in [0.1, 0.15) is 71.1 Å². The summed E-state index contributed by atoms with van der Waals surface area (Å²) in [6.07, 6.45) is 11.7. The van der Waals surface area contributed by atoms with Gasteiger partial charge < -0.3 is 5.11 Å². The summed E-state index contributed by atoms with van der Waals surface area (Å²) in [4.78, 5) is 0. The SMILES string of the molecule is C[C@]12CCCCC1=CC[C@H]1[C@@H]3CCC[C@@]3(C(O)OS(=O)(=O)O)CC[C@@H]12. The molecule has 0 bridgehead atoms. The molecule has 0 spiro atoms. The maximum atomic E-state index is 11.2. The maximum Gasteiger partial charge on any atom is 0.399 e. The fourth-order valence-corrected chi connectivity index (χ4v) is 7.47. The van der Waals surface area contributed by atoms with Crippen LogP contribution in [0.5, 0.6) is 0 Å². The lowest BCUT2D eigenvalue weighted by molar-refractivity contribution is -0.173. The molecule has 25 heavy (non-hydrogen) atoms. The number of hydrogen-bond donors (Lipinski definition) is 2. The lowest BCUT2D eigenvalue weighted by atomic mass is 9.48. The standard InChI is InChI=1S/C19H30O5S/c1-18-10-3-2-5-13(18)7-8-14-15(18)9-12-19(11-4-6-16(14)19)17(20)24-25(21,22)23/h7,14-17,20H,2-6,8-12H2,1H3,(H,21,22,23)/t14-,15+,16+,17?,18+,19-/m1/s1. The summed E-state index contributed by atoms with van der Waals surface area (Å²) in [6.45, 7) is 2.43. The van der Waals surface area contributed by atoms with Crippen molar-refractivity contribution in [3.63, 3.8) is 0 Å². The summed E-state index contributed by atoms with van der Waals surface area (Å²) in [7, 11) is -4.64. The van der Waals surface area contributed by atoms with Crippen LogP contribution in [0.4, 0.5) is 0 Å². The van der Waals surface area contributed by atoms with Gasteiger partial charge in [-0.25, -0.2) is 4.18 Å². The second kappa shape index (κ2) is 6.04. The van der Waals surface area contributed by atoms with Crippen LogP contribution in [0.3, 0.4) is 0 Å². The molecule has 0 aromatic rings. The third-order valence-corrected chi connectivity index (χ3v) is 8.56. The first-order chi connectivity index (χ1) is 11.8. The third-order valence-electron chi connectivity index (χ3n) is 8.14. The largest absolute Gasteiger partial charge is 0.399 e. The fourth-order valence-electron chi connectivity index (χ4n) is 7.05. The average molecular weight is 371 g/mol. The van der Waals surface area contributed by atoms with Crippen LogP contribution in [0.15, 0.2) is 11.6 Å². The van der Waals surface area contributed by atoms with Crippen molar-refractivity contribution in [2.75, 3.05) is 0 Å². The van der Waals surface area contributed by atoms with Crippen molar-refractivity contribution in [3.05, 3.63) is 11.6 Å². The van der Waals surface area contributed by atoms with Crippen molar-refractivity contribution in [2.24, 2.45) is 28.6 Å². The molecule has 0 aliphatic heterocycles. The number of rotatable bonds is 3. The normalized spacial score (nSPS) is 45.1. The van der Waals surface area contributed by atoms with Crippen molar-refractivity contribution in [2.45, 2.75) is 77.4 Å². The molecule has 3 saturated carbocycles. The van der Waals surface area contributed by atoms with Crippen LogP contribution in [0.2, 0.25) is 0 Å². The zero-order chi connectivity index (χ0) is 17.9. The Bertz CT molecular complexity index is 671. The van der Waals surface area contributed by atoms with E-state index in [-0.39, 0.29) is 11.3 Å². The predicted molar refractivity (Wildman–Crippen MR) is 93.9 cm³/mol. The van der Waals surface area contributed by atoms with Gasteiger partial charge in [-0.1, -0.05) is 31.4 Å². The van der Waals surface area contributed by atoms with Crippen molar-refractivity contribution >= 4 is 10.4 Å². The van der Waals surface area contributed by atoms with Crippen LogP contribution >= 0.6 is 0 Å². The molecule has 6 atom stereocenters. The van der Waals surface area contributed by atoms with Gasteiger partial charge in [-0.05, 0) is 74.5 Å². The molecule has 4 aliphatic rings. The summed E-state index contributed by atoms with van der Waals surface area (Å²) in [6, 6.07) is 0. The lowest BCUT2D eigenvalue weighted by Crippen LogP contribution is -2.53. The smallest absolute Gasteiger partial charge is 0.366 e. The van der Waals surface area contributed by atoms with Crippen LogP contribution in [-0.4, -0.2) is 24.4 Å². The van der Waals surface area contributed by atoms with Gasteiger partial charge in [0.2, 0.25) is 0 Å². The second-order valence-electron chi connectivity index (χ2n) is 9.01. The maximum absolute atomic E-state index is 11.2. The number of aliphatic hydroxyl groups excluding tert-OH is 1. The Morgan fingerprint density at radius 2 is 1.96 bits per heavy atom. The molecular formula is C19H30O5S. The van der Waals surface area contributed by atoms with E-state index < -0.39 is 22.1 Å². The van der Waals surface area contributed by atoms with E-state index in [1.807, 2.05) is 0 Å². The van der Waals surface area contributed by atoms with Crippen LogP contribution in [0, 0.1) is 28.6 Å². The molecule has 0 saturated heterocycles.